The molecule has 0 spiro atoms. The number of anilines is 2. The summed E-state index contributed by atoms with van der Waals surface area (Å²) in [4.78, 5) is 17.0. The molecule has 0 unspecified atom stereocenters. The zero-order valence-corrected chi connectivity index (χ0v) is 18.9. The molecule has 2 aromatic carbocycles. The molecule has 1 saturated heterocycles. The molecular weight excluding hydrogens is 466 g/mol. The standard InChI is InChI=1S/C21H22BrN5O2S/c1-26-10-12-27(13-11-26)16-8-6-15(7-9-16)23-19(28)14-30-21-25-24-20(29-21)17-4-2-3-5-18(17)22/h2-9H,10-14H2,1H3,(H,23,28). The van der Waals surface area contributed by atoms with Crippen molar-refractivity contribution in [1.82, 2.24) is 15.1 Å². The Morgan fingerprint density at radius 1 is 1.10 bits per heavy atom. The molecule has 30 heavy (non-hydrogen) atoms. The number of likely N-dealkylation sites (N-methyl/N-ethyl adjacent to an activating group) is 1. The smallest absolute Gasteiger partial charge is 0.277 e. The second-order valence-electron chi connectivity index (χ2n) is 7.03. The lowest BCUT2D eigenvalue weighted by molar-refractivity contribution is -0.113. The maximum absolute atomic E-state index is 12.3. The van der Waals surface area contributed by atoms with Crippen LogP contribution in [0.5, 0.6) is 0 Å². The van der Waals surface area contributed by atoms with Crippen molar-refractivity contribution in [3.05, 3.63) is 53.0 Å². The predicted octanol–water partition coefficient (Wildman–Crippen LogP) is 3.98. The van der Waals surface area contributed by atoms with Crippen molar-refractivity contribution in [2.75, 3.05) is 49.2 Å². The first-order valence-corrected chi connectivity index (χ1v) is 11.4. The molecule has 2 heterocycles. The van der Waals surface area contributed by atoms with E-state index in [0.717, 1.165) is 41.9 Å². The highest BCUT2D eigenvalue weighted by Gasteiger charge is 2.15. The minimum atomic E-state index is -0.118. The number of amides is 1. The average Bonchev–Trinajstić information content (AvgIpc) is 3.23. The molecule has 3 aromatic rings. The van der Waals surface area contributed by atoms with E-state index in [2.05, 4.69) is 60.4 Å². The Kier molecular flexibility index (Phi) is 6.71. The third-order valence-electron chi connectivity index (χ3n) is 4.86. The molecule has 1 fully saturated rings. The molecule has 0 bridgehead atoms. The summed E-state index contributed by atoms with van der Waals surface area (Å²) >= 11 is 4.69. The van der Waals surface area contributed by atoms with E-state index in [1.54, 1.807) is 0 Å². The van der Waals surface area contributed by atoms with Crippen LogP contribution in [0.15, 0.2) is 62.6 Å². The molecular formula is C21H22BrN5O2S. The topological polar surface area (TPSA) is 74.5 Å². The molecule has 0 radical (unpaired) electrons. The van der Waals surface area contributed by atoms with Crippen molar-refractivity contribution >= 4 is 45.0 Å². The molecule has 4 rings (SSSR count). The minimum Gasteiger partial charge on any atom is -0.411 e. The first kappa shape index (κ1) is 20.9. The van der Waals surface area contributed by atoms with Gasteiger partial charge in [-0.3, -0.25) is 4.79 Å². The Labute approximate surface area is 188 Å². The van der Waals surface area contributed by atoms with E-state index in [1.165, 1.54) is 17.4 Å². The molecule has 9 heteroatoms. The second-order valence-corrected chi connectivity index (χ2v) is 8.81. The summed E-state index contributed by atoms with van der Waals surface area (Å²) in [5.41, 5.74) is 2.78. The normalized spacial score (nSPS) is 14.7. The van der Waals surface area contributed by atoms with E-state index in [0.29, 0.717) is 11.1 Å². The van der Waals surface area contributed by atoms with Gasteiger partial charge in [-0.25, -0.2) is 0 Å². The summed E-state index contributed by atoms with van der Waals surface area (Å²) in [6.07, 6.45) is 0. The quantitative estimate of drug-likeness (QED) is 0.526. The van der Waals surface area contributed by atoms with Crippen LogP contribution in [-0.2, 0) is 4.79 Å². The highest BCUT2D eigenvalue weighted by atomic mass is 79.9. The lowest BCUT2D eigenvalue weighted by atomic mass is 10.2. The fraction of sp³-hybridized carbons (Fsp3) is 0.286. The van der Waals surface area contributed by atoms with Gasteiger partial charge in [0.15, 0.2) is 0 Å². The summed E-state index contributed by atoms with van der Waals surface area (Å²) in [6.45, 7) is 4.16. The Bertz CT molecular complexity index is 1000. The first-order chi connectivity index (χ1) is 14.6. The fourth-order valence-corrected chi connectivity index (χ4v) is 4.17. The Morgan fingerprint density at radius 2 is 1.83 bits per heavy atom. The lowest BCUT2D eigenvalue weighted by Gasteiger charge is -2.34. The highest BCUT2D eigenvalue weighted by Crippen LogP contribution is 2.29. The Balaban J connectivity index is 1.28. The van der Waals surface area contributed by atoms with Gasteiger partial charge in [-0.1, -0.05) is 23.9 Å². The number of halogens is 1. The van der Waals surface area contributed by atoms with Crippen LogP contribution >= 0.6 is 27.7 Å². The second kappa shape index (κ2) is 9.63. The molecule has 0 saturated carbocycles. The number of carbonyl (C=O) groups is 1. The number of aromatic nitrogens is 2. The molecule has 1 aliphatic rings. The number of benzene rings is 2. The van der Waals surface area contributed by atoms with Crippen molar-refractivity contribution in [3.8, 4) is 11.5 Å². The van der Waals surface area contributed by atoms with E-state index in [1.807, 2.05) is 36.4 Å². The number of nitrogens with zero attached hydrogens (tertiary/aromatic N) is 4. The molecule has 0 atom stereocenters. The third kappa shape index (κ3) is 5.21. The molecule has 0 aliphatic carbocycles. The average molecular weight is 488 g/mol. The van der Waals surface area contributed by atoms with Gasteiger partial charge in [0.1, 0.15) is 0 Å². The molecule has 1 N–H and O–H groups in total. The van der Waals surface area contributed by atoms with Crippen LogP contribution in [0.2, 0.25) is 0 Å². The van der Waals surface area contributed by atoms with E-state index in [4.69, 9.17) is 4.42 Å². The number of nitrogens with one attached hydrogen (secondary N) is 1. The van der Waals surface area contributed by atoms with Crippen LogP contribution in [0, 0.1) is 0 Å². The van der Waals surface area contributed by atoms with Gasteiger partial charge >= 0.3 is 0 Å². The molecule has 1 aliphatic heterocycles. The number of carbonyl (C=O) groups excluding carboxylic acids is 1. The highest BCUT2D eigenvalue weighted by molar-refractivity contribution is 9.10. The van der Waals surface area contributed by atoms with Crippen LogP contribution in [0.4, 0.5) is 11.4 Å². The van der Waals surface area contributed by atoms with Crippen LogP contribution < -0.4 is 10.2 Å². The zero-order chi connectivity index (χ0) is 20.9. The van der Waals surface area contributed by atoms with Gasteiger partial charge in [0.2, 0.25) is 11.8 Å². The van der Waals surface area contributed by atoms with Crippen molar-refractivity contribution in [1.29, 1.82) is 0 Å². The third-order valence-corrected chi connectivity index (χ3v) is 6.37. The number of hydrogen-bond donors (Lipinski definition) is 1. The number of hydrogen-bond acceptors (Lipinski definition) is 7. The van der Waals surface area contributed by atoms with Crippen molar-refractivity contribution < 1.29 is 9.21 Å². The summed E-state index contributed by atoms with van der Waals surface area (Å²) < 4.78 is 6.54. The molecule has 1 amide bonds. The van der Waals surface area contributed by atoms with Crippen LogP contribution in [0.25, 0.3) is 11.5 Å². The first-order valence-electron chi connectivity index (χ1n) is 9.63. The van der Waals surface area contributed by atoms with Gasteiger partial charge < -0.3 is 19.5 Å². The van der Waals surface area contributed by atoms with Crippen LogP contribution in [-0.4, -0.2) is 60.0 Å². The number of rotatable bonds is 6. The molecule has 156 valence electrons. The molecule has 1 aromatic heterocycles. The van der Waals surface area contributed by atoms with E-state index in [-0.39, 0.29) is 11.7 Å². The largest absolute Gasteiger partial charge is 0.411 e. The number of thioether (sulfide) groups is 1. The summed E-state index contributed by atoms with van der Waals surface area (Å²) in [6, 6.07) is 15.6. The van der Waals surface area contributed by atoms with E-state index in [9.17, 15) is 4.79 Å². The van der Waals surface area contributed by atoms with Gasteiger partial charge in [0, 0.05) is 42.0 Å². The summed E-state index contributed by atoms with van der Waals surface area (Å²) in [5.74, 6) is 0.496. The summed E-state index contributed by atoms with van der Waals surface area (Å²) in [5, 5.41) is 11.4. The van der Waals surface area contributed by atoms with Crippen LogP contribution in [0.3, 0.4) is 0 Å². The number of piperazine rings is 1. The monoisotopic (exact) mass is 487 g/mol. The lowest BCUT2D eigenvalue weighted by Crippen LogP contribution is -2.44. The molecule has 7 nitrogen and oxygen atoms in total. The van der Waals surface area contributed by atoms with Gasteiger partial charge in [-0.2, -0.15) is 0 Å². The fourth-order valence-electron chi connectivity index (χ4n) is 3.16. The maximum Gasteiger partial charge on any atom is 0.277 e. The zero-order valence-electron chi connectivity index (χ0n) is 16.5. The Hall–Kier alpha value is -2.36. The van der Waals surface area contributed by atoms with Gasteiger partial charge in [0.05, 0.1) is 11.3 Å². The van der Waals surface area contributed by atoms with Gasteiger partial charge in [0.25, 0.3) is 5.22 Å². The van der Waals surface area contributed by atoms with Crippen molar-refractivity contribution in [2.45, 2.75) is 5.22 Å². The minimum absolute atomic E-state index is 0.118. The SMILES string of the molecule is CN1CCN(c2ccc(NC(=O)CSc3nnc(-c4ccccc4Br)o3)cc2)CC1. The summed E-state index contributed by atoms with van der Waals surface area (Å²) in [7, 11) is 2.14. The van der Waals surface area contributed by atoms with Gasteiger partial charge in [-0.05, 0) is 59.4 Å². The van der Waals surface area contributed by atoms with Crippen molar-refractivity contribution in [2.24, 2.45) is 0 Å². The Morgan fingerprint density at radius 3 is 2.57 bits per heavy atom. The van der Waals surface area contributed by atoms with E-state index < -0.39 is 0 Å². The van der Waals surface area contributed by atoms with Crippen molar-refractivity contribution in [3.63, 3.8) is 0 Å². The van der Waals surface area contributed by atoms with E-state index >= 15 is 0 Å². The predicted molar refractivity (Wildman–Crippen MR) is 123 cm³/mol. The van der Waals surface area contributed by atoms with Gasteiger partial charge in [-0.15, -0.1) is 10.2 Å². The van der Waals surface area contributed by atoms with Crippen LogP contribution in [0.1, 0.15) is 0 Å². The maximum atomic E-state index is 12.3.